The molecule has 0 unspecified atom stereocenters. The molecule has 1 aliphatic heterocycles. The molecule has 0 spiro atoms. The monoisotopic (exact) mass is 209 g/mol. The van der Waals surface area contributed by atoms with E-state index in [0.29, 0.717) is 5.03 Å². The number of pyridine rings is 1. The predicted molar refractivity (Wildman–Crippen MR) is 56.4 cm³/mol. The normalized spacial score (nSPS) is 15.0. The molecule has 0 fully saturated rings. The number of nitrogens with zero attached hydrogens (tertiary/aromatic N) is 2. The Balaban J connectivity index is 1.94. The van der Waals surface area contributed by atoms with Crippen molar-refractivity contribution < 1.29 is 4.73 Å². The highest BCUT2D eigenvalue weighted by atomic mass is 32.2. The van der Waals surface area contributed by atoms with Crippen LogP contribution in [-0.4, -0.2) is 24.7 Å². The summed E-state index contributed by atoms with van der Waals surface area (Å²) in [5, 5.41) is 15.1. The maximum atomic E-state index is 11.3. The van der Waals surface area contributed by atoms with Crippen molar-refractivity contribution in [3.8, 4) is 0 Å². The summed E-state index contributed by atoms with van der Waals surface area (Å²) in [4.78, 5) is 4.25. The van der Waals surface area contributed by atoms with Gasteiger partial charge < -0.3 is 10.5 Å². The number of hydrogen-bond acceptors (Lipinski definition) is 4. The number of amidine groups is 1. The molecule has 4 nitrogen and oxygen atoms in total. The predicted octanol–water partition coefficient (Wildman–Crippen LogP) is 0.414. The van der Waals surface area contributed by atoms with Crippen LogP contribution in [0.5, 0.6) is 0 Å². The van der Waals surface area contributed by atoms with Crippen LogP contribution < -0.4 is 10.0 Å². The van der Waals surface area contributed by atoms with Gasteiger partial charge in [-0.05, 0) is 17.8 Å². The highest BCUT2D eigenvalue weighted by Gasteiger charge is 2.09. The lowest BCUT2D eigenvalue weighted by molar-refractivity contribution is -0.645. The zero-order valence-electron chi connectivity index (χ0n) is 7.64. The van der Waals surface area contributed by atoms with E-state index in [1.165, 1.54) is 18.0 Å². The molecular formula is C9H11N3OS. The molecule has 0 bridgehead atoms. The van der Waals surface area contributed by atoms with E-state index in [0.717, 1.165) is 29.4 Å². The summed E-state index contributed by atoms with van der Waals surface area (Å²) in [6.45, 7) is 1.77. The van der Waals surface area contributed by atoms with Crippen molar-refractivity contribution in [3.05, 3.63) is 29.6 Å². The van der Waals surface area contributed by atoms with Gasteiger partial charge in [0.05, 0.1) is 12.3 Å². The maximum Gasteiger partial charge on any atom is 0.251 e. The molecule has 0 saturated heterocycles. The van der Waals surface area contributed by atoms with Crippen molar-refractivity contribution in [1.82, 2.24) is 5.32 Å². The fourth-order valence-corrected chi connectivity index (χ4v) is 2.05. The Bertz CT molecular complexity index is 354. The number of thioether (sulfide) groups is 1. The van der Waals surface area contributed by atoms with Gasteiger partial charge in [0.2, 0.25) is 0 Å². The van der Waals surface area contributed by atoms with Crippen LogP contribution in [0.25, 0.3) is 0 Å². The van der Waals surface area contributed by atoms with Crippen molar-refractivity contribution in [2.75, 3.05) is 18.8 Å². The van der Waals surface area contributed by atoms with Crippen LogP contribution >= 0.6 is 11.8 Å². The summed E-state index contributed by atoms with van der Waals surface area (Å²) in [6, 6.07) is 5.40. The number of nitrogens with one attached hydrogen (secondary N) is 1. The molecule has 0 radical (unpaired) electrons. The first-order valence-corrected chi connectivity index (χ1v) is 5.43. The van der Waals surface area contributed by atoms with E-state index >= 15 is 0 Å². The average molecular weight is 209 g/mol. The molecule has 0 aromatic carbocycles. The lowest BCUT2D eigenvalue weighted by atomic mass is 10.5. The Morgan fingerprint density at radius 3 is 3.21 bits per heavy atom. The molecule has 0 atom stereocenters. The summed E-state index contributed by atoms with van der Waals surface area (Å²) < 4.78 is 0.875. The summed E-state index contributed by atoms with van der Waals surface area (Å²) in [5.41, 5.74) is 0. The molecule has 74 valence electrons. The van der Waals surface area contributed by atoms with E-state index in [9.17, 15) is 5.21 Å². The second kappa shape index (κ2) is 4.32. The fraction of sp³-hybridized carbons (Fsp3) is 0.333. The van der Waals surface area contributed by atoms with Crippen LogP contribution in [0.2, 0.25) is 0 Å². The van der Waals surface area contributed by atoms with Gasteiger partial charge in [0.25, 0.3) is 5.03 Å². The Labute approximate surface area is 86.6 Å². The van der Waals surface area contributed by atoms with E-state index in [4.69, 9.17) is 0 Å². The zero-order valence-corrected chi connectivity index (χ0v) is 8.46. The summed E-state index contributed by atoms with van der Waals surface area (Å²) in [6.07, 6.45) is 1.51. The largest absolute Gasteiger partial charge is 0.618 e. The molecule has 1 aromatic heterocycles. The molecule has 1 aliphatic rings. The van der Waals surface area contributed by atoms with Crippen molar-refractivity contribution in [2.45, 2.75) is 5.03 Å². The van der Waals surface area contributed by atoms with E-state index in [1.807, 2.05) is 12.1 Å². The van der Waals surface area contributed by atoms with E-state index in [2.05, 4.69) is 10.3 Å². The lowest BCUT2D eigenvalue weighted by Crippen LogP contribution is -2.29. The van der Waals surface area contributed by atoms with Crippen LogP contribution in [0.4, 0.5) is 0 Å². The standard InChI is InChI=1S/C9H11N3OS/c13-12-6-2-1-3-9(12)14-7-8-10-4-5-11-8/h1-3,6H,4-5,7H2,(H,10,11). The quantitative estimate of drug-likeness (QED) is 0.446. The third kappa shape index (κ3) is 2.17. The molecule has 0 amide bonds. The van der Waals surface area contributed by atoms with Gasteiger partial charge in [-0.3, -0.25) is 4.99 Å². The fourth-order valence-electron chi connectivity index (χ4n) is 1.21. The molecule has 1 aromatic rings. The van der Waals surface area contributed by atoms with Crippen LogP contribution in [0.3, 0.4) is 0 Å². The van der Waals surface area contributed by atoms with E-state index in [1.54, 1.807) is 6.07 Å². The topological polar surface area (TPSA) is 51.3 Å². The zero-order chi connectivity index (χ0) is 9.80. The first-order chi connectivity index (χ1) is 6.86. The Morgan fingerprint density at radius 1 is 1.57 bits per heavy atom. The number of hydrogen-bond donors (Lipinski definition) is 1. The highest BCUT2D eigenvalue weighted by Crippen LogP contribution is 2.12. The second-order valence-electron chi connectivity index (χ2n) is 2.91. The minimum Gasteiger partial charge on any atom is -0.618 e. The van der Waals surface area contributed by atoms with Crippen LogP contribution in [0.15, 0.2) is 34.4 Å². The van der Waals surface area contributed by atoms with Gasteiger partial charge in [-0.2, -0.15) is 4.73 Å². The van der Waals surface area contributed by atoms with Gasteiger partial charge in [-0.15, -0.1) is 0 Å². The lowest BCUT2D eigenvalue weighted by Gasteiger charge is -2.03. The van der Waals surface area contributed by atoms with Gasteiger partial charge in [-0.25, -0.2) is 0 Å². The molecular weight excluding hydrogens is 198 g/mol. The van der Waals surface area contributed by atoms with Gasteiger partial charge in [-0.1, -0.05) is 0 Å². The number of aliphatic imine (C=N–C) groups is 1. The van der Waals surface area contributed by atoms with Crippen LogP contribution in [-0.2, 0) is 0 Å². The van der Waals surface area contributed by atoms with Gasteiger partial charge in [0.1, 0.15) is 5.84 Å². The third-order valence-corrected chi connectivity index (χ3v) is 2.92. The summed E-state index contributed by atoms with van der Waals surface area (Å²) >= 11 is 1.50. The van der Waals surface area contributed by atoms with Crippen molar-refractivity contribution in [3.63, 3.8) is 0 Å². The Kier molecular flexibility index (Phi) is 2.88. The van der Waals surface area contributed by atoms with Crippen molar-refractivity contribution in [2.24, 2.45) is 4.99 Å². The van der Waals surface area contributed by atoms with Crippen LogP contribution in [0, 0.1) is 5.21 Å². The maximum absolute atomic E-state index is 11.3. The first-order valence-electron chi connectivity index (χ1n) is 4.44. The number of rotatable bonds is 3. The van der Waals surface area contributed by atoms with Gasteiger partial charge in [0, 0.05) is 18.7 Å². The Hall–Kier alpha value is -1.23. The van der Waals surface area contributed by atoms with E-state index in [-0.39, 0.29) is 0 Å². The molecule has 1 N–H and O–H groups in total. The minimum absolute atomic E-state index is 0.712. The molecule has 0 aliphatic carbocycles. The molecule has 0 saturated carbocycles. The Morgan fingerprint density at radius 2 is 2.50 bits per heavy atom. The summed E-state index contributed by atoms with van der Waals surface area (Å²) in [7, 11) is 0. The second-order valence-corrected chi connectivity index (χ2v) is 3.90. The molecule has 5 heteroatoms. The van der Waals surface area contributed by atoms with Crippen molar-refractivity contribution in [1.29, 1.82) is 0 Å². The smallest absolute Gasteiger partial charge is 0.251 e. The third-order valence-electron chi connectivity index (χ3n) is 1.89. The number of aromatic nitrogens is 1. The van der Waals surface area contributed by atoms with Crippen molar-refractivity contribution >= 4 is 17.6 Å². The van der Waals surface area contributed by atoms with Crippen LogP contribution in [0.1, 0.15) is 0 Å². The minimum atomic E-state index is 0.712. The van der Waals surface area contributed by atoms with E-state index < -0.39 is 0 Å². The highest BCUT2D eigenvalue weighted by molar-refractivity contribution is 7.99. The SMILES string of the molecule is [O-][n+]1ccccc1SCC1=NCCN1. The molecule has 2 rings (SSSR count). The molecule has 2 heterocycles. The average Bonchev–Trinajstić information content (AvgIpc) is 2.69. The van der Waals surface area contributed by atoms with Gasteiger partial charge in [0.15, 0.2) is 6.20 Å². The first kappa shape index (κ1) is 9.33. The summed E-state index contributed by atoms with van der Waals surface area (Å²) in [5.74, 6) is 1.73. The molecule has 14 heavy (non-hydrogen) atoms. The van der Waals surface area contributed by atoms with Gasteiger partial charge >= 0.3 is 0 Å².